The lowest BCUT2D eigenvalue weighted by atomic mass is 10.1. The third-order valence-electron chi connectivity index (χ3n) is 6.19. The molecule has 0 bridgehead atoms. The Kier molecular flexibility index (Phi) is 3.79. The predicted octanol–water partition coefficient (Wildman–Crippen LogP) is 0.706. The molecule has 140 valence electrons. The third kappa shape index (κ3) is 2.31. The van der Waals surface area contributed by atoms with Gasteiger partial charge in [-0.1, -0.05) is 0 Å². The number of morpholine rings is 1. The first-order valence-corrected chi connectivity index (χ1v) is 9.67. The van der Waals surface area contributed by atoms with Crippen LogP contribution in [0.1, 0.15) is 35.6 Å². The molecule has 1 saturated carbocycles. The van der Waals surface area contributed by atoms with Crippen molar-refractivity contribution < 1.29 is 9.53 Å². The fourth-order valence-electron chi connectivity index (χ4n) is 4.75. The van der Waals surface area contributed by atoms with Crippen LogP contribution in [0.3, 0.4) is 0 Å². The Hall–Kier alpha value is -1.93. The lowest BCUT2D eigenvalue weighted by molar-refractivity contribution is 0.0361. The summed E-state index contributed by atoms with van der Waals surface area (Å²) < 4.78 is 7.53. The average Bonchev–Trinajstić information content (AvgIpc) is 3.31. The molecule has 8 heteroatoms. The highest BCUT2D eigenvalue weighted by Crippen LogP contribution is 2.40. The standard InChI is InChI=1S/C18H26N6O2/c1-12-19-16-15(23(12)7-6-22-8-10-26-11-9-22)17(25)21(2)18-20-13-4-3-5-14(13)24(16)18/h13-14H,3-11H2,1-2H3/t13-,14+/m1/s1. The van der Waals surface area contributed by atoms with Gasteiger partial charge in [0.05, 0.1) is 25.3 Å². The van der Waals surface area contributed by atoms with E-state index in [1.807, 2.05) is 14.0 Å². The van der Waals surface area contributed by atoms with Crippen molar-refractivity contribution in [2.24, 2.45) is 4.99 Å². The summed E-state index contributed by atoms with van der Waals surface area (Å²) in [5.74, 6) is 2.53. The number of carbonyl (C=O) groups is 1. The molecular weight excluding hydrogens is 332 g/mol. The zero-order valence-electron chi connectivity index (χ0n) is 15.5. The van der Waals surface area contributed by atoms with Crippen LogP contribution >= 0.6 is 0 Å². The van der Waals surface area contributed by atoms with Gasteiger partial charge < -0.3 is 9.30 Å². The van der Waals surface area contributed by atoms with Gasteiger partial charge in [-0.2, -0.15) is 0 Å². The predicted molar refractivity (Wildman–Crippen MR) is 97.7 cm³/mol. The molecular formula is C18H26N6O2. The number of aryl methyl sites for hydroxylation is 1. The Morgan fingerprint density at radius 2 is 2.00 bits per heavy atom. The number of imidazole rings is 1. The molecule has 1 aliphatic carbocycles. The van der Waals surface area contributed by atoms with E-state index < -0.39 is 0 Å². The molecule has 0 N–H and O–H groups in total. The molecule has 0 radical (unpaired) electrons. The van der Waals surface area contributed by atoms with Crippen molar-refractivity contribution in [3.8, 4) is 0 Å². The topological polar surface area (TPSA) is 66.2 Å². The van der Waals surface area contributed by atoms with Gasteiger partial charge in [-0.25, -0.2) is 9.98 Å². The number of amides is 1. The van der Waals surface area contributed by atoms with Gasteiger partial charge in [0.2, 0.25) is 5.96 Å². The first kappa shape index (κ1) is 16.3. The van der Waals surface area contributed by atoms with Crippen LogP contribution in [0.15, 0.2) is 4.99 Å². The van der Waals surface area contributed by atoms with Crippen molar-refractivity contribution in [2.75, 3.05) is 44.8 Å². The van der Waals surface area contributed by atoms with E-state index in [2.05, 4.69) is 14.4 Å². The number of aliphatic imine (C=N–C) groups is 1. The van der Waals surface area contributed by atoms with E-state index in [-0.39, 0.29) is 5.91 Å². The van der Waals surface area contributed by atoms with Crippen molar-refractivity contribution in [1.82, 2.24) is 19.4 Å². The van der Waals surface area contributed by atoms with E-state index in [1.165, 1.54) is 6.42 Å². The van der Waals surface area contributed by atoms with E-state index in [9.17, 15) is 4.79 Å². The summed E-state index contributed by atoms with van der Waals surface area (Å²) in [6, 6.07) is 0.672. The normalized spacial score (nSPS) is 28.2. The highest BCUT2D eigenvalue weighted by atomic mass is 16.5. The van der Waals surface area contributed by atoms with E-state index in [4.69, 9.17) is 14.7 Å². The highest BCUT2D eigenvalue weighted by Gasteiger charge is 2.48. The van der Waals surface area contributed by atoms with E-state index in [1.54, 1.807) is 4.90 Å². The van der Waals surface area contributed by atoms with Crippen molar-refractivity contribution in [3.05, 3.63) is 11.5 Å². The molecule has 0 aromatic carbocycles. The molecule has 1 aromatic heterocycles. The minimum Gasteiger partial charge on any atom is -0.379 e. The Morgan fingerprint density at radius 1 is 1.19 bits per heavy atom. The van der Waals surface area contributed by atoms with Crippen LogP contribution in [0.5, 0.6) is 0 Å². The van der Waals surface area contributed by atoms with Gasteiger partial charge in [0.15, 0.2) is 11.5 Å². The van der Waals surface area contributed by atoms with Crippen LogP contribution in [0.2, 0.25) is 0 Å². The monoisotopic (exact) mass is 358 g/mol. The highest BCUT2D eigenvalue weighted by molar-refractivity contribution is 6.18. The number of ether oxygens (including phenoxy) is 1. The van der Waals surface area contributed by atoms with E-state index in [0.29, 0.717) is 12.1 Å². The quantitative estimate of drug-likeness (QED) is 0.796. The maximum atomic E-state index is 13.1. The van der Waals surface area contributed by atoms with Gasteiger partial charge in [-0.05, 0) is 26.2 Å². The molecule has 4 heterocycles. The average molecular weight is 358 g/mol. The van der Waals surface area contributed by atoms with Crippen molar-refractivity contribution in [2.45, 2.75) is 44.8 Å². The first-order chi connectivity index (χ1) is 12.6. The Bertz CT molecular complexity index is 766. The molecule has 5 rings (SSSR count). The summed E-state index contributed by atoms with van der Waals surface area (Å²) in [5, 5.41) is 0. The number of rotatable bonds is 3. The minimum absolute atomic E-state index is 0.0116. The van der Waals surface area contributed by atoms with Gasteiger partial charge in [-0.3, -0.25) is 19.5 Å². The third-order valence-corrected chi connectivity index (χ3v) is 6.19. The minimum atomic E-state index is 0.0116. The van der Waals surface area contributed by atoms with Crippen LogP contribution in [-0.2, 0) is 11.3 Å². The first-order valence-electron chi connectivity index (χ1n) is 9.67. The number of hydrogen-bond acceptors (Lipinski definition) is 6. The summed E-state index contributed by atoms with van der Waals surface area (Å²) >= 11 is 0. The number of anilines is 1. The molecule has 1 aromatic rings. The number of hydrogen-bond donors (Lipinski definition) is 0. The smallest absolute Gasteiger partial charge is 0.280 e. The fourth-order valence-corrected chi connectivity index (χ4v) is 4.75. The molecule has 0 unspecified atom stereocenters. The van der Waals surface area contributed by atoms with E-state index in [0.717, 1.165) is 75.5 Å². The molecule has 1 amide bonds. The molecule has 2 fully saturated rings. The zero-order valence-corrected chi connectivity index (χ0v) is 15.5. The molecule has 3 aliphatic heterocycles. The second-order valence-electron chi connectivity index (χ2n) is 7.67. The fraction of sp³-hybridized carbons (Fsp3) is 0.722. The lowest BCUT2D eigenvalue weighted by Crippen LogP contribution is -2.52. The van der Waals surface area contributed by atoms with Crippen LogP contribution < -0.4 is 4.90 Å². The second kappa shape index (κ2) is 6.06. The summed E-state index contributed by atoms with van der Waals surface area (Å²) in [7, 11) is 1.84. The van der Waals surface area contributed by atoms with Crippen LogP contribution in [-0.4, -0.2) is 83.2 Å². The van der Waals surface area contributed by atoms with E-state index >= 15 is 0 Å². The SMILES string of the molecule is Cc1nc2c(n1CCN1CCOCC1)C(=O)N(C)C1=N[C@@H]3CCC[C@@H]3N12. The molecule has 2 atom stereocenters. The van der Waals surface area contributed by atoms with Gasteiger partial charge >= 0.3 is 0 Å². The Balaban J connectivity index is 1.48. The van der Waals surface area contributed by atoms with Crippen LogP contribution in [0.4, 0.5) is 5.82 Å². The summed E-state index contributed by atoms with van der Waals surface area (Å²) in [4.78, 5) is 29.1. The lowest BCUT2D eigenvalue weighted by Gasteiger charge is -2.34. The second-order valence-corrected chi connectivity index (χ2v) is 7.67. The van der Waals surface area contributed by atoms with Gasteiger partial charge in [-0.15, -0.1) is 0 Å². The summed E-state index contributed by atoms with van der Waals surface area (Å²) in [5.41, 5.74) is 0.727. The van der Waals surface area contributed by atoms with Crippen LogP contribution in [0.25, 0.3) is 0 Å². The number of guanidine groups is 1. The Morgan fingerprint density at radius 3 is 2.81 bits per heavy atom. The number of fused-ring (bicyclic) bond motifs is 5. The van der Waals surface area contributed by atoms with Crippen LogP contribution in [0, 0.1) is 6.92 Å². The maximum Gasteiger partial charge on any atom is 0.280 e. The molecule has 26 heavy (non-hydrogen) atoms. The molecule has 4 aliphatic rings. The largest absolute Gasteiger partial charge is 0.379 e. The van der Waals surface area contributed by atoms with Crippen molar-refractivity contribution in [3.63, 3.8) is 0 Å². The molecule has 8 nitrogen and oxygen atoms in total. The number of nitrogens with zero attached hydrogens (tertiary/aromatic N) is 6. The molecule has 1 saturated heterocycles. The summed E-state index contributed by atoms with van der Waals surface area (Å²) in [6.45, 7) is 7.19. The van der Waals surface area contributed by atoms with Gasteiger partial charge in [0, 0.05) is 33.2 Å². The maximum absolute atomic E-state index is 13.1. The number of aromatic nitrogens is 2. The number of carbonyl (C=O) groups excluding carboxylic acids is 1. The summed E-state index contributed by atoms with van der Waals surface area (Å²) in [6.07, 6.45) is 3.43. The molecule has 0 spiro atoms. The Labute approximate surface area is 153 Å². The zero-order chi connectivity index (χ0) is 17.8. The van der Waals surface area contributed by atoms with Gasteiger partial charge in [0.1, 0.15) is 5.82 Å². The van der Waals surface area contributed by atoms with Gasteiger partial charge in [0.25, 0.3) is 5.91 Å². The van der Waals surface area contributed by atoms with Crippen molar-refractivity contribution >= 4 is 17.7 Å². The van der Waals surface area contributed by atoms with Crippen molar-refractivity contribution in [1.29, 1.82) is 0 Å².